The molecule has 186 valence electrons. The molecule has 1 amide bonds. The molecule has 0 bridgehead atoms. The number of carboxylic acid groups (broad SMARTS) is 1. The number of anilines is 1. The number of hydrogen-bond donors (Lipinski definition) is 3. The number of amides is 1. The highest BCUT2D eigenvalue weighted by Gasteiger charge is 2.27. The predicted molar refractivity (Wildman–Crippen MR) is 142 cm³/mol. The maximum Gasteiger partial charge on any atom is 0.335 e. The molecule has 0 radical (unpaired) electrons. The Morgan fingerprint density at radius 1 is 1.00 bits per heavy atom. The monoisotopic (exact) mass is 504 g/mol. The molecule has 0 spiro atoms. The molecular weight excluding hydrogens is 476 g/mol. The Bertz CT molecular complexity index is 1260. The molecule has 0 aromatic heterocycles. The lowest BCUT2D eigenvalue weighted by Crippen LogP contribution is -2.30. The van der Waals surface area contributed by atoms with Gasteiger partial charge in [-0.2, -0.15) is 0 Å². The summed E-state index contributed by atoms with van der Waals surface area (Å²) in [7, 11) is 0. The molecule has 0 unspecified atom stereocenters. The van der Waals surface area contributed by atoms with E-state index in [4.69, 9.17) is 14.6 Å². The number of aryl methyl sites for hydroxylation is 1. The van der Waals surface area contributed by atoms with Crippen molar-refractivity contribution in [3.8, 4) is 11.5 Å². The Morgan fingerprint density at radius 3 is 2.39 bits per heavy atom. The first kappa shape index (κ1) is 25.2. The lowest BCUT2D eigenvalue weighted by Gasteiger charge is -2.13. The van der Waals surface area contributed by atoms with Gasteiger partial charge in [0.2, 0.25) is 0 Å². The van der Waals surface area contributed by atoms with Gasteiger partial charge in [-0.05, 0) is 72.5 Å². The Kier molecular flexibility index (Phi) is 8.17. The highest BCUT2D eigenvalue weighted by molar-refractivity contribution is 8.05. The zero-order chi connectivity index (χ0) is 25.5. The average molecular weight is 505 g/mol. The van der Waals surface area contributed by atoms with Gasteiger partial charge in [0.15, 0.2) is 17.0 Å². The summed E-state index contributed by atoms with van der Waals surface area (Å²) < 4.78 is 11.7. The van der Waals surface area contributed by atoms with Crippen molar-refractivity contribution in [3.05, 3.63) is 93.9 Å². The predicted octanol–water partition coefficient (Wildman–Crippen LogP) is 5.52. The molecule has 7 nitrogen and oxygen atoms in total. The Morgan fingerprint density at radius 2 is 1.72 bits per heavy atom. The maximum absolute atomic E-state index is 12.5. The maximum atomic E-state index is 12.5. The molecule has 4 rings (SSSR count). The topological polar surface area (TPSA) is 96.9 Å². The smallest absolute Gasteiger partial charge is 0.335 e. The van der Waals surface area contributed by atoms with E-state index in [1.165, 1.54) is 17.3 Å². The number of carboxylic acids is 1. The molecule has 1 fully saturated rings. The van der Waals surface area contributed by atoms with Crippen LogP contribution in [0.2, 0.25) is 0 Å². The van der Waals surface area contributed by atoms with Crippen LogP contribution in [-0.4, -0.2) is 29.1 Å². The third-order valence-corrected chi connectivity index (χ3v) is 6.58. The van der Waals surface area contributed by atoms with E-state index in [-0.39, 0.29) is 23.6 Å². The molecule has 0 saturated carbocycles. The molecule has 3 aromatic carbocycles. The fraction of sp³-hybridized carbons (Fsp3) is 0.214. The van der Waals surface area contributed by atoms with Gasteiger partial charge in [0.05, 0.1) is 17.1 Å². The number of carbonyl (C=O) groups is 2. The number of aromatic carboxylic acids is 1. The van der Waals surface area contributed by atoms with Crippen molar-refractivity contribution >= 4 is 35.4 Å². The second-order valence-corrected chi connectivity index (χ2v) is 9.25. The number of benzene rings is 3. The molecule has 1 heterocycles. The van der Waals surface area contributed by atoms with Crippen molar-refractivity contribution in [3.63, 3.8) is 0 Å². The molecule has 1 aliphatic heterocycles. The van der Waals surface area contributed by atoms with E-state index in [9.17, 15) is 9.59 Å². The molecule has 36 heavy (non-hydrogen) atoms. The number of rotatable bonds is 10. The summed E-state index contributed by atoms with van der Waals surface area (Å²) in [4.78, 5) is 24.2. The van der Waals surface area contributed by atoms with Gasteiger partial charge in [0.1, 0.15) is 6.61 Å². The molecule has 3 N–H and O–H groups in total. The highest BCUT2D eigenvalue weighted by atomic mass is 32.2. The molecule has 8 heteroatoms. The second-order valence-electron chi connectivity index (χ2n) is 8.10. The number of ether oxygens (including phenoxy) is 2. The van der Waals surface area contributed by atoms with Gasteiger partial charge in [0, 0.05) is 5.69 Å². The third-order valence-electron chi connectivity index (χ3n) is 5.55. The van der Waals surface area contributed by atoms with Gasteiger partial charge >= 0.3 is 5.97 Å². The molecule has 1 saturated heterocycles. The average Bonchev–Trinajstić information content (AvgIpc) is 3.22. The van der Waals surface area contributed by atoms with Crippen LogP contribution < -0.4 is 20.1 Å². The quantitative estimate of drug-likeness (QED) is 0.313. The van der Waals surface area contributed by atoms with Crippen LogP contribution in [-0.2, 0) is 17.8 Å². The minimum absolute atomic E-state index is 0.134. The number of nitrogens with one attached hydrogen (secondary N) is 2. The fourth-order valence-electron chi connectivity index (χ4n) is 3.61. The summed E-state index contributed by atoms with van der Waals surface area (Å²) in [6.45, 7) is 4.74. The van der Waals surface area contributed by atoms with Crippen LogP contribution in [0, 0.1) is 0 Å². The van der Waals surface area contributed by atoms with Gasteiger partial charge in [-0.15, -0.1) is 0 Å². The van der Waals surface area contributed by atoms with Crippen LogP contribution in [0.25, 0.3) is 6.08 Å². The van der Waals surface area contributed by atoms with Crippen molar-refractivity contribution < 1.29 is 24.2 Å². The molecular formula is C28H28N2O5S. The standard InChI is InChI=1S/C28H28N2O5S/c1-3-18-7-12-22(13-8-18)29-28-30-26(31)25(36-28)16-20-9-14-23(24(15-20)34-4-2)35-17-19-5-10-21(11-6-19)27(32)33/h5-16,28-29H,3-4,17H2,1-2H3,(H,30,31)(H,32,33)/b25-16-/t28-/m1/s1. The van der Waals surface area contributed by atoms with Gasteiger partial charge in [0.25, 0.3) is 5.91 Å². The zero-order valence-corrected chi connectivity index (χ0v) is 20.9. The van der Waals surface area contributed by atoms with Crippen LogP contribution in [0.1, 0.15) is 40.9 Å². The van der Waals surface area contributed by atoms with Crippen molar-refractivity contribution in [2.75, 3.05) is 11.9 Å². The highest BCUT2D eigenvalue weighted by Crippen LogP contribution is 2.34. The first-order valence-electron chi connectivity index (χ1n) is 11.7. The number of carbonyl (C=O) groups excluding carboxylic acids is 1. The van der Waals surface area contributed by atoms with Crippen LogP contribution in [0.5, 0.6) is 11.5 Å². The minimum atomic E-state index is -0.965. The minimum Gasteiger partial charge on any atom is -0.490 e. The van der Waals surface area contributed by atoms with Gasteiger partial charge < -0.3 is 25.2 Å². The lowest BCUT2D eigenvalue weighted by atomic mass is 10.1. The van der Waals surface area contributed by atoms with Gasteiger partial charge in [-0.3, -0.25) is 4.79 Å². The number of thioether (sulfide) groups is 1. The first-order chi connectivity index (χ1) is 17.4. The normalized spacial score (nSPS) is 16.0. The fourth-order valence-corrected chi connectivity index (χ4v) is 4.60. The summed E-state index contributed by atoms with van der Waals surface area (Å²) in [6, 6.07) is 20.2. The van der Waals surface area contributed by atoms with Crippen LogP contribution >= 0.6 is 11.8 Å². The van der Waals surface area contributed by atoms with E-state index in [1.54, 1.807) is 24.3 Å². The first-order valence-corrected chi connectivity index (χ1v) is 12.6. The van der Waals surface area contributed by atoms with Crippen molar-refractivity contribution in [2.45, 2.75) is 32.4 Å². The third kappa shape index (κ3) is 6.40. The Hall–Kier alpha value is -3.91. The van der Waals surface area contributed by atoms with E-state index in [0.29, 0.717) is 23.0 Å². The summed E-state index contributed by atoms with van der Waals surface area (Å²) in [5, 5.41) is 15.3. The molecule has 3 aromatic rings. The van der Waals surface area contributed by atoms with E-state index in [2.05, 4.69) is 29.7 Å². The second kappa shape index (κ2) is 11.7. The summed E-state index contributed by atoms with van der Waals surface area (Å²) in [5.74, 6) is 0.0430. The summed E-state index contributed by atoms with van der Waals surface area (Å²) >= 11 is 1.43. The Balaban J connectivity index is 1.43. The summed E-state index contributed by atoms with van der Waals surface area (Å²) in [6.07, 6.45) is 2.81. The van der Waals surface area contributed by atoms with Gasteiger partial charge in [-0.1, -0.05) is 49.0 Å². The van der Waals surface area contributed by atoms with Crippen molar-refractivity contribution in [2.24, 2.45) is 0 Å². The number of hydrogen-bond acceptors (Lipinski definition) is 6. The largest absolute Gasteiger partial charge is 0.490 e. The Labute approximate surface area is 214 Å². The molecule has 1 atom stereocenters. The van der Waals surface area contributed by atoms with E-state index >= 15 is 0 Å². The lowest BCUT2D eigenvalue weighted by molar-refractivity contribution is -0.116. The molecule has 0 aliphatic carbocycles. The van der Waals surface area contributed by atoms with E-state index in [0.717, 1.165) is 23.2 Å². The van der Waals surface area contributed by atoms with Crippen LogP contribution in [0.15, 0.2) is 71.6 Å². The van der Waals surface area contributed by atoms with Crippen molar-refractivity contribution in [1.29, 1.82) is 0 Å². The van der Waals surface area contributed by atoms with E-state index < -0.39 is 5.97 Å². The van der Waals surface area contributed by atoms with E-state index in [1.807, 2.05) is 43.3 Å². The zero-order valence-electron chi connectivity index (χ0n) is 20.1. The molecule has 1 aliphatic rings. The van der Waals surface area contributed by atoms with Crippen LogP contribution in [0.4, 0.5) is 5.69 Å². The van der Waals surface area contributed by atoms with Crippen molar-refractivity contribution in [1.82, 2.24) is 5.32 Å². The van der Waals surface area contributed by atoms with Gasteiger partial charge in [-0.25, -0.2) is 4.79 Å². The summed E-state index contributed by atoms with van der Waals surface area (Å²) in [5.41, 5.74) is 3.85. The van der Waals surface area contributed by atoms with Crippen LogP contribution in [0.3, 0.4) is 0 Å². The SMILES string of the molecule is CCOc1cc(/C=C2\S[C@H](Nc3ccc(CC)cc3)NC2=O)ccc1OCc1ccc(C(=O)O)cc1.